The second-order valence-electron chi connectivity index (χ2n) is 4.51. The van der Waals surface area contributed by atoms with Gasteiger partial charge in [0, 0.05) is 25.3 Å². The first kappa shape index (κ1) is 15.9. The first-order chi connectivity index (χ1) is 8.96. The monoisotopic (exact) mass is 288 g/mol. The van der Waals surface area contributed by atoms with Gasteiger partial charge in [0.1, 0.15) is 0 Å². The van der Waals surface area contributed by atoms with Crippen LogP contribution in [0.25, 0.3) is 0 Å². The largest absolute Gasteiger partial charge is 0.371 e. The first-order valence-corrected chi connectivity index (χ1v) is 7.92. The van der Waals surface area contributed by atoms with Crippen molar-refractivity contribution < 1.29 is 12.8 Å². The van der Waals surface area contributed by atoms with Gasteiger partial charge in [-0.3, -0.25) is 4.39 Å². The third-order valence-corrected chi connectivity index (χ3v) is 4.40. The summed E-state index contributed by atoms with van der Waals surface area (Å²) in [5.74, 6) is -0.161. The number of anilines is 1. The van der Waals surface area contributed by atoms with E-state index in [2.05, 4.69) is 4.72 Å². The summed E-state index contributed by atoms with van der Waals surface area (Å²) in [4.78, 5) is 2.00. The molecule has 0 unspecified atom stereocenters. The lowest BCUT2D eigenvalue weighted by atomic mass is 10.2. The van der Waals surface area contributed by atoms with Gasteiger partial charge >= 0.3 is 0 Å². The Bertz CT molecular complexity index is 465. The summed E-state index contributed by atoms with van der Waals surface area (Å²) in [5, 5.41) is 0. The van der Waals surface area contributed by atoms with Crippen LogP contribution in [0.5, 0.6) is 0 Å². The predicted octanol–water partition coefficient (Wildman–Crippen LogP) is 1.79. The molecule has 0 spiro atoms. The molecule has 0 saturated carbocycles. The van der Waals surface area contributed by atoms with Gasteiger partial charge in [0.25, 0.3) is 0 Å². The van der Waals surface area contributed by atoms with Crippen LogP contribution in [0.15, 0.2) is 30.3 Å². The molecule has 0 fully saturated rings. The average molecular weight is 288 g/mol. The maximum absolute atomic E-state index is 12.0. The summed E-state index contributed by atoms with van der Waals surface area (Å²) in [5.41, 5.74) is 1.03. The third-order valence-electron chi connectivity index (χ3n) is 2.97. The Balaban J connectivity index is 2.49. The average Bonchev–Trinajstić information content (AvgIpc) is 2.43. The van der Waals surface area contributed by atoms with E-state index in [9.17, 15) is 12.8 Å². The molecule has 1 rings (SSSR count). The van der Waals surface area contributed by atoms with Crippen LogP contribution in [-0.2, 0) is 10.0 Å². The van der Waals surface area contributed by atoms with Crippen molar-refractivity contribution in [2.24, 2.45) is 0 Å². The second-order valence-corrected chi connectivity index (χ2v) is 6.43. The van der Waals surface area contributed by atoms with Crippen molar-refractivity contribution in [3.63, 3.8) is 0 Å². The van der Waals surface area contributed by atoms with Crippen molar-refractivity contribution in [2.75, 3.05) is 30.9 Å². The van der Waals surface area contributed by atoms with E-state index in [1.54, 1.807) is 0 Å². The van der Waals surface area contributed by atoms with Crippen molar-refractivity contribution in [3.8, 4) is 0 Å². The summed E-state index contributed by atoms with van der Waals surface area (Å²) in [7, 11) is -1.46. The maximum atomic E-state index is 12.0. The molecule has 19 heavy (non-hydrogen) atoms. The molecule has 0 amide bonds. The second kappa shape index (κ2) is 7.45. The minimum Gasteiger partial charge on any atom is -0.371 e. The molecule has 0 radical (unpaired) electrons. The Morgan fingerprint density at radius 3 is 2.53 bits per heavy atom. The van der Waals surface area contributed by atoms with Crippen molar-refractivity contribution in [2.45, 2.75) is 19.4 Å². The number of benzene rings is 1. The molecule has 0 aliphatic carbocycles. The van der Waals surface area contributed by atoms with Gasteiger partial charge in [0.15, 0.2) is 0 Å². The fraction of sp³-hybridized carbons (Fsp3) is 0.538. The Labute approximate surface area is 114 Å². The molecule has 6 heteroatoms. The molecular weight excluding hydrogens is 267 g/mol. The van der Waals surface area contributed by atoms with Crippen LogP contribution in [0.1, 0.15) is 13.3 Å². The highest BCUT2D eigenvalue weighted by atomic mass is 32.2. The van der Waals surface area contributed by atoms with Gasteiger partial charge < -0.3 is 4.90 Å². The number of likely N-dealkylation sites (N-methyl/N-ethyl adjacent to an activating group) is 1. The van der Waals surface area contributed by atoms with E-state index < -0.39 is 16.7 Å². The predicted molar refractivity (Wildman–Crippen MR) is 76.7 cm³/mol. The standard InChI is InChI=1S/C13H21FN2O2S/c1-12(11-15-19(17,18)10-6-9-14)16(2)13-7-4-3-5-8-13/h3-5,7-8,12,15H,6,9-11H2,1-2H3/t12-/m0/s1. The summed E-state index contributed by atoms with van der Waals surface area (Å²) in [6, 6.07) is 9.75. The van der Waals surface area contributed by atoms with Gasteiger partial charge in [-0.15, -0.1) is 0 Å². The van der Waals surface area contributed by atoms with Crippen LogP contribution in [0.4, 0.5) is 10.1 Å². The van der Waals surface area contributed by atoms with Gasteiger partial charge in [-0.05, 0) is 25.5 Å². The number of sulfonamides is 1. The number of hydrogen-bond acceptors (Lipinski definition) is 3. The Morgan fingerprint density at radius 2 is 1.95 bits per heavy atom. The van der Waals surface area contributed by atoms with Crippen molar-refractivity contribution in [1.82, 2.24) is 4.72 Å². The Morgan fingerprint density at radius 1 is 1.32 bits per heavy atom. The van der Waals surface area contributed by atoms with Crippen LogP contribution in [0.2, 0.25) is 0 Å². The minimum absolute atomic E-state index is 0.0163. The lowest BCUT2D eigenvalue weighted by molar-refractivity contribution is 0.482. The zero-order chi connectivity index (χ0) is 14.3. The third kappa shape index (κ3) is 5.57. The number of hydrogen-bond donors (Lipinski definition) is 1. The molecule has 1 N–H and O–H groups in total. The van der Waals surface area contributed by atoms with E-state index in [-0.39, 0.29) is 18.2 Å². The number of halogens is 1. The van der Waals surface area contributed by atoms with Crippen LogP contribution < -0.4 is 9.62 Å². The maximum Gasteiger partial charge on any atom is 0.211 e. The van der Waals surface area contributed by atoms with Gasteiger partial charge in [0.05, 0.1) is 12.4 Å². The number of rotatable bonds is 8. The molecule has 1 aromatic carbocycles. The number of alkyl halides is 1. The lowest BCUT2D eigenvalue weighted by Crippen LogP contribution is -2.41. The zero-order valence-electron chi connectivity index (χ0n) is 11.3. The van der Waals surface area contributed by atoms with Gasteiger partial charge in [-0.25, -0.2) is 13.1 Å². The SMILES string of the molecule is C[C@@H](CNS(=O)(=O)CCCF)N(C)c1ccccc1. The number of nitrogens with zero attached hydrogens (tertiary/aromatic N) is 1. The topological polar surface area (TPSA) is 49.4 Å². The molecule has 1 atom stereocenters. The van der Waals surface area contributed by atoms with E-state index in [1.165, 1.54) is 0 Å². The molecule has 1 aromatic rings. The highest BCUT2D eigenvalue weighted by molar-refractivity contribution is 7.89. The minimum atomic E-state index is -3.37. The van der Waals surface area contributed by atoms with Crippen LogP contribution >= 0.6 is 0 Å². The highest BCUT2D eigenvalue weighted by Crippen LogP contribution is 2.13. The Kier molecular flexibility index (Phi) is 6.24. The van der Waals surface area contributed by atoms with Crippen LogP contribution in [0.3, 0.4) is 0 Å². The molecule has 0 bridgehead atoms. The molecule has 0 heterocycles. The normalized spacial score (nSPS) is 13.2. The van der Waals surface area contributed by atoms with Gasteiger partial charge in [-0.1, -0.05) is 18.2 Å². The molecule has 0 aliphatic rings. The lowest BCUT2D eigenvalue weighted by Gasteiger charge is -2.27. The molecule has 0 aromatic heterocycles. The summed E-state index contributed by atoms with van der Waals surface area (Å²) in [6.07, 6.45) is 0.0399. The van der Waals surface area contributed by atoms with Crippen LogP contribution in [0, 0.1) is 0 Å². The van der Waals surface area contributed by atoms with E-state index in [0.717, 1.165) is 5.69 Å². The highest BCUT2D eigenvalue weighted by Gasteiger charge is 2.14. The number of para-hydroxylation sites is 1. The Hall–Kier alpha value is -1.14. The molecule has 108 valence electrons. The van der Waals surface area contributed by atoms with E-state index in [1.807, 2.05) is 49.2 Å². The molecule has 0 aliphatic heterocycles. The van der Waals surface area contributed by atoms with E-state index >= 15 is 0 Å². The summed E-state index contributed by atoms with van der Waals surface area (Å²) in [6.45, 7) is 1.63. The van der Waals surface area contributed by atoms with Crippen molar-refractivity contribution in [1.29, 1.82) is 0 Å². The van der Waals surface area contributed by atoms with Crippen molar-refractivity contribution >= 4 is 15.7 Å². The van der Waals surface area contributed by atoms with Gasteiger partial charge in [-0.2, -0.15) is 0 Å². The van der Waals surface area contributed by atoms with E-state index in [0.29, 0.717) is 6.54 Å². The fourth-order valence-electron chi connectivity index (χ4n) is 1.62. The zero-order valence-corrected chi connectivity index (χ0v) is 12.2. The summed E-state index contributed by atoms with van der Waals surface area (Å²) < 4.78 is 37.6. The quantitative estimate of drug-likeness (QED) is 0.793. The molecular formula is C13H21FN2O2S. The summed E-state index contributed by atoms with van der Waals surface area (Å²) >= 11 is 0. The van der Waals surface area contributed by atoms with Crippen molar-refractivity contribution in [3.05, 3.63) is 30.3 Å². The molecule has 0 saturated heterocycles. The first-order valence-electron chi connectivity index (χ1n) is 6.27. The van der Waals surface area contributed by atoms with E-state index in [4.69, 9.17) is 0 Å². The van der Waals surface area contributed by atoms with Crippen LogP contribution in [-0.4, -0.2) is 40.5 Å². The molecule has 4 nitrogen and oxygen atoms in total. The number of nitrogens with one attached hydrogen (secondary N) is 1. The smallest absolute Gasteiger partial charge is 0.211 e. The van der Waals surface area contributed by atoms with Gasteiger partial charge in [0.2, 0.25) is 10.0 Å². The fourth-order valence-corrected chi connectivity index (χ4v) is 2.75.